The van der Waals surface area contributed by atoms with E-state index >= 15 is 0 Å². The minimum atomic E-state index is -4.14. The number of imide groups is 1. The van der Waals surface area contributed by atoms with Gasteiger partial charge in [0.1, 0.15) is 0 Å². The van der Waals surface area contributed by atoms with Gasteiger partial charge in [-0.2, -0.15) is 8.42 Å². The first-order chi connectivity index (χ1) is 13.5. The molecule has 1 aliphatic heterocycles. The summed E-state index contributed by atoms with van der Waals surface area (Å²) >= 11 is 0. The predicted molar refractivity (Wildman–Crippen MR) is 104 cm³/mol. The molecule has 0 saturated carbocycles. The summed E-state index contributed by atoms with van der Waals surface area (Å²) in [6, 6.07) is 22.3. The molecule has 4 rings (SSSR count). The minimum Gasteiger partial charge on any atom is -0.268 e. The second-order valence-electron chi connectivity index (χ2n) is 6.06. The molecule has 1 aliphatic rings. The van der Waals surface area contributed by atoms with Crippen molar-refractivity contribution in [2.24, 2.45) is 4.40 Å². The van der Waals surface area contributed by atoms with Crippen LogP contribution in [0, 0.1) is 0 Å². The van der Waals surface area contributed by atoms with E-state index in [1.165, 1.54) is 24.3 Å². The lowest BCUT2D eigenvalue weighted by atomic mass is 10.1. The van der Waals surface area contributed by atoms with Crippen molar-refractivity contribution in [1.82, 2.24) is 4.90 Å². The average Bonchev–Trinajstić information content (AvgIpc) is 2.98. The van der Waals surface area contributed by atoms with Crippen LogP contribution in [0.2, 0.25) is 0 Å². The van der Waals surface area contributed by atoms with Crippen molar-refractivity contribution in [2.45, 2.75) is 4.90 Å². The zero-order valence-electron chi connectivity index (χ0n) is 14.5. The fourth-order valence-corrected chi connectivity index (χ4v) is 3.97. The van der Waals surface area contributed by atoms with Crippen LogP contribution in [-0.2, 0) is 10.0 Å². The second-order valence-corrected chi connectivity index (χ2v) is 7.66. The maximum Gasteiger partial charge on any atom is 0.284 e. The van der Waals surface area contributed by atoms with Gasteiger partial charge in [-0.15, -0.1) is 4.40 Å². The standard InChI is InChI=1S/C21H14N2O4S/c24-20-17-13-7-8-14-18(17)21(25)23(20)19(15-9-3-1-4-10-15)22-28(26,27)16-11-5-2-6-12-16/h1-14H/b22-19+. The number of nitrogens with zero attached hydrogens (tertiary/aromatic N) is 2. The van der Waals surface area contributed by atoms with Gasteiger partial charge >= 0.3 is 0 Å². The molecular weight excluding hydrogens is 376 g/mol. The lowest BCUT2D eigenvalue weighted by Gasteiger charge is -2.17. The normalized spacial score (nSPS) is 14.3. The average molecular weight is 390 g/mol. The van der Waals surface area contributed by atoms with E-state index in [2.05, 4.69) is 4.40 Å². The summed E-state index contributed by atoms with van der Waals surface area (Å²) in [5.74, 6) is -1.44. The molecule has 6 nitrogen and oxygen atoms in total. The van der Waals surface area contributed by atoms with Crippen molar-refractivity contribution >= 4 is 27.7 Å². The quantitative estimate of drug-likeness (QED) is 0.391. The molecule has 0 aromatic heterocycles. The molecule has 0 unspecified atom stereocenters. The van der Waals surface area contributed by atoms with E-state index in [4.69, 9.17) is 0 Å². The van der Waals surface area contributed by atoms with Crippen LogP contribution < -0.4 is 0 Å². The highest BCUT2D eigenvalue weighted by atomic mass is 32.2. The lowest BCUT2D eigenvalue weighted by Crippen LogP contribution is -2.37. The Hall–Kier alpha value is -3.58. The number of sulfonamides is 1. The molecule has 3 aromatic carbocycles. The Morgan fingerprint density at radius 1 is 0.679 bits per heavy atom. The van der Waals surface area contributed by atoms with Crippen molar-refractivity contribution in [2.75, 3.05) is 0 Å². The van der Waals surface area contributed by atoms with Crippen LogP contribution in [0.3, 0.4) is 0 Å². The van der Waals surface area contributed by atoms with E-state index in [1.54, 1.807) is 60.7 Å². The Morgan fingerprint density at radius 3 is 1.68 bits per heavy atom. The third kappa shape index (κ3) is 3.01. The van der Waals surface area contributed by atoms with Crippen LogP contribution >= 0.6 is 0 Å². The summed E-state index contributed by atoms with van der Waals surface area (Å²) in [7, 11) is -4.14. The molecule has 7 heteroatoms. The van der Waals surface area contributed by atoms with Crippen LogP contribution in [-0.4, -0.2) is 31.0 Å². The number of fused-ring (bicyclic) bond motifs is 1. The van der Waals surface area contributed by atoms with E-state index in [0.717, 1.165) is 4.90 Å². The van der Waals surface area contributed by atoms with Gasteiger partial charge in [-0.3, -0.25) is 9.59 Å². The predicted octanol–water partition coefficient (Wildman–Crippen LogP) is 3.12. The van der Waals surface area contributed by atoms with Gasteiger partial charge in [0.05, 0.1) is 16.0 Å². The monoisotopic (exact) mass is 390 g/mol. The fraction of sp³-hybridized carbons (Fsp3) is 0. The molecule has 0 atom stereocenters. The molecule has 0 radical (unpaired) electrons. The zero-order valence-corrected chi connectivity index (χ0v) is 15.3. The highest BCUT2D eigenvalue weighted by molar-refractivity contribution is 7.90. The van der Waals surface area contributed by atoms with Crippen LogP contribution in [0.1, 0.15) is 26.3 Å². The Labute approximate surface area is 161 Å². The Morgan fingerprint density at radius 2 is 1.14 bits per heavy atom. The first-order valence-corrected chi connectivity index (χ1v) is 9.86. The molecule has 138 valence electrons. The Kier molecular flexibility index (Phi) is 4.37. The SMILES string of the molecule is O=C1c2ccccc2C(=O)N1/C(=N/S(=O)(=O)c1ccccc1)c1ccccc1. The van der Waals surface area contributed by atoms with Crippen molar-refractivity contribution in [1.29, 1.82) is 0 Å². The number of benzene rings is 3. The number of amides is 2. The maximum atomic E-state index is 12.9. The molecule has 3 aromatic rings. The number of rotatable bonds is 3. The third-order valence-electron chi connectivity index (χ3n) is 4.29. The highest BCUT2D eigenvalue weighted by Gasteiger charge is 2.39. The summed E-state index contributed by atoms with van der Waals surface area (Å²) in [6.07, 6.45) is 0. The summed E-state index contributed by atoms with van der Waals surface area (Å²) in [4.78, 5) is 26.5. The van der Waals surface area contributed by atoms with Gasteiger partial charge in [0.15, 0.2) is 5.84 Å². The summed E-state index contributed by atoms with van der Waals surface area (Å²) in [5, 5.41) is 0. The van der Waals surface area contributed by atoms with Crippen molar-refractivity contribution in [3.63, 3.8) is 0 Å². The zero-order chi connectivity index (χ0) is 19.7. The van der Waals surface area contributed by atoms with E-state index in [-0.39, 0.29) is 21.9 Å². The lowest BCUT2D eigenvalue weighted by molar-refractivity contribution is 0.0749. The van der Waals surface area contributed by atoms with E-state index < -0.39 is 21.8 Å². The van der Waals surface area contributed by atoms with E-state index in [1.807, 2.05) is 0 Å². The van der Waals surface area contributed by atoms with Crippen LogP contribution in [0.15, 0.2) is 94.2 Å². The molecule has 0 fully saturated rings. The van der Waals surface area contributed by atoms with E-state index in [0.29, 0.717) is 5.56 Å². The van der Waals surface area contributed by atoms with Crippen LogP contribution in [0.5, 0.6) is 0 Å². The smallest absolute Gasteiger partial charge is 0.268 e. The highest BCUT2D eigenvalue weighted by Crippen LogP contribution is 2.26. The van der Waals surface area contributed by atoms with Gasteiger partial charge in [0, 0.05) is 5.56 Å². The van der Waals surface area contributed by atoms with Gasteiger partial charge < -0.3 is 0 Å². The largest absolute Gasteiger partial charge is 0.284 e. The molecular formula is C21H14N2O4S. The second kappa shape index (κ2) is 6.86. The van der Waals surface area contributed by atoms with Gasteiger partial charge in [-0.25, -0.2) is 4.90 Å². The number of carbonyl (C=O) groups excluding carboxylic acids is 2. The third-order valence-corrected chi connectivity index (χ3v) is 5.57. The van der Waals surface area contributed by atoms with Crippen LogP contribution in [0.4, 0.5) is 0 Å². The minimum absolute atomic E-state index is 0.0277. The molecule has 0 bridgehead atoms. The molecule has 0 N–H and O–H groups in total. The number of amidine groups is 1. The maximum absolute atomic E-state index is 12.9. The molecule has 28 heavy (non-hydrogen) atoms. The molecule has 0 aliphatic carbocycles. The number of hydrogen-bond donors (Lipinski definition) is 0. The fourth-order valence-electron chi connectivity index (χ4n) is 2.95. The van der Waals surface area contributed by atoms with Gasteiger partial charge in [-0.1, -0.05) is 60.7 Å². The molecule has 0 saturated heterocycles. The number of carbonyl (C=O) groups is 2. The van der Waals surface area contributed by atoms with Crippen LogP contribution in [0.25, 0.3) is 0 Å². The van der Waals surface area contributed by atoms with Crippen molar-refractivity contribution < 1.29 is 18.0 Å². The van der Waals surface area contributed by atoms with E-state index in [9.17, 15) is 18.0 Å². The molecule has 0 spiro atoms. The molecule has 2 amide bonds. The summed E-state index contributed by atoms with van der Waals surface area (Å²) in [6.45, 7) is 0. The Balaban J connectivity index is 1.90. The first kappa shape index (κ1) is 17.8. The van der Waals surface area contributed by atoms with Crippen molar-refractivity contribution in [3.8, 4) is 0 Å². The summed E-state index contributed by atoms with van der Waals surface area (Å²) in [5.41, 5.74) is 0.776. The van der Waals surface area contributed by atoms with Gasteiger partial charge in [0.25, 0.3) is 21.8 Å². The Bertz CT molecular complexity index is 1170. The van der Waals surface area contributed by atoms with Crippen molar-refractivity contribution in [3.05, 3.63) is 102 Å². The molecule has 1 heterocycles. The summed E-state index contributed by atoms with van der Waals surface area (Å²) < 4.78 is 29.5. The van der Waals surface area contributed by atoms with Gasteiger partial charge in [0.2, 0.25) is 0 Å². The number of hydrogen-bond acceptors (Lipinski definition) is 4. The van der Waals surface area contributed by atoms with Gasteiger partial charge in [-0.05, 0) is 24.3 Å². The topological polar surface area (TPSA) is 83.9 Å². The first-order valence-electron chi connectivity index (χ1n) is 8.42.